The summed E-state index contributed by atoms with van der Waals surface area (Å²) < 4.78 is 55.6. The maximum absolute atomic E-state index is 13.5. The Labute approximate surface area is 166 Å². The number of fused-ring (bicyclic) bond motifs is 1. The Bertz CT molecular complexity index is 1150. The van der Waals surface area contributed by atoms with Crippen LogP contribution in [0.25, 0.3) is 11.0 Å². The van der Waals surface area contributed by atoms with E-state index in [-0.39, 0.29) is 16.9 Å². The molecule has 29 heavy (non-hydrogen) atoms. The van der Waals surface area contributed by atoms with Crippen LogP contribution in [0.1, 0.15) is 11.3 Å². The Morgan fingerprint density at radius 3 is 2.48 bits per heavy atom. The standard InChI is InChI=1S/C19H12ClF3O6/c1-9-6-11(3-5-13(9)20)28-17-16(26)12-4-2-10(27-8-15(24)25)7-14(12)29-18(17)19(21,22)23/h2-7H,8H2,1H3,(H,24,25). The summed E-state index contributed by atoms with van der Waals surface area (Å²) in [4.78, 5) is 23.3. The maximum atomic E-state index is 13.5. The zero-order valence-corrected chi connectivity index (χ0v) is 15.4. The molecule has 1 heterocycles. The SMILES string of the molecule is Cc1cc(Oc2c(C(F)(F)F)oc3cc(OCC(=O)O)ccc3c2=O)ccc1Cl. The van der Waals surface area contributed by atoms with Crippen LogP contribution in [-0.2, 0) is 11.0 Å². The summed E-state index contributed by atoms with van der Waals surface area (Å²) in [6.07, 6.45) is -5.03. The Balaban J connectivity index is 2.14. The van der Waals surface area contributed by atoms with Crippen molar-refractivity contribution in [2.24, 2.45) is 0 Å². The molecular weight excluding hydrogens is 417 g/mol. The number of aliphatic carboxylic acids is 1. The molecule has 0 aliphatic heterocycles. The molecule has 0 saturated carbocycles. The van der Waals surface area contributed by atoms with Crippen molar-refractivity contribution in [3.63, 3.8) is 0 Å². The van der Waals surface area contributed by atoms with E-state index in [1.807, 2.05) is 0 Å². The van der Waals surface area contributed by atoms with Gasteiger partial charge in [-0.2, -0.15) is 13.2 Å². The molecule has 152 valence electrons. The van der Waals surface area contributed by atoms with E-state index in [2.05, 4.69) is 0 Å². The number of carboxylic acids is 1. The molecule has 0 spiro atoms. The quantitative estimate of drug-likeness (QED) is 0.613. The number of aryl methyl sites for hydroxylation is 1. The minimum atomic E-state index is -5.03. The van der Waals surface area contributed by atoms with Gasteiger partial charge < -0.3 is 19.0 Å². The molecule has 0 bridgehead atoms. The molecular formula is C19H12ClF3O6. The van der Waals surface area contributed by atoms with Crippen LogP contribution < -0.4 is 14.9 Å². The molecule has 0 aliphatic rings. The van der Waals surface area contributed by atoms with Gasteiger partial charge in [0.25, 0.3) is 5.76 Å². The summed E-state index contributed by atoms with van der Waals surface area (Å²) in [5, 5.41) is 8.81. The number of hydrogen-bond acceptors (Lipinski definition) is 5. The topological polar surface area (TPSA) is 86.0 Å². The van der Waals surface area contributed by atoms with Crippen LogP contribution in [0.2, 0.25) is 5.02 Å². The third kappa shape index (κ3) is 4.45. The van der Waals surface area contributed by atoms with Crippen LogP contribution in [0.15, 0.2) is 45.6 Å². The molecule has 0 fully saturated rings. The summed E-state index contributed by atoms with van der Waals surface area (Å²) in [6.45, 7) is 0.917. The van der Waals surface area contributed by atoms with Crippen molar-refractivity contribution in [2.75, 3.05) is 6.61 Å². The van der Waals surface area contributed by atoms with Gasteiger partial charge in [0.15, 0.2) is 6.61 Å². The first-order chi connectivity index (χ1) is 13.6. The minimum absolute atomic E-state index is 0.0227. The maximum Gasteiger partial charge on any atom is 0.453 e. The number of carboxylic acid groups (broad SMARTS) is 1. The summed E-state index contributed by atoms with van der Waals surface area (Å²) >= 11 is 5.89. The Kier molecular flexibility index (Phi) is 5.43. The van der Waals surface area contributed by atoms with E-state index >= 15 is 0 Å². The van der Waals surface area contributed by atoms with Crippen LogP contribution in [0.5, 0.6) is 17.2 Å². The number of hydrogen-bond donors (Lipinski definition) is 1. The minimum Gasteiger partial charge on any atom is -0.482 e. The normalized spacial score (nSPS) is 11.5. The second kappa shape index (κ2) is 7.67. The van der Waals surface area contributed by atoms with Gasteiger partial charge in [0.2, 0.25) is 11.2 Å². The third-order valence-electron chi connectivity index (χ3n) is 3.79. The van der Waals surface area contributed by atoms with Crippen LogP contribution in [0.4, 0.5) is 13.2 Å². The smallest absolute Gasteiger partial charge is 0.453 e. The molecule has 2 aromatic carbocycles. The fraction of sp³-hybridized carbons (Fsp3) is 0.158. The summed E-state index contributed by atoms with van der Waals surface area (Å²) in [6, 6.07) is 7.54. The first-order valence-electron chi connectivity index (χ1n) is 8.03. The fourth-order valence-corrected chi connectivity index (χ4v) is 2.59. The first kappa shape index (κ1) is 20.5. The van der Waals surface area contributed by atoms with Gasteiger partial charge in [-0.1, -0.05) is 11.6 Å². The highest BCUT2D eigenvalue weighted by Crippen LogP contribution is 2.39. The fourth-order valence-electron chi connectivity index (χ4n) is 2.47. The lowest BCUT2D eigenvalue weighted by molar-refractivity contribution is -0.154. The molecule has 3 rings (SSSR count). The van der Waals surface area contributed by atoms with Gasteiger partial charge in [-0.05, 0) is 42.8 Å². The van der Waals surface area contributed by atoms with Gasteiger partial charge in [0.05, 0.1) is 5.39 Å². The van der Waals surface area contributed by atoms with Crippen LogP contribution in [0, 0.1) is 6.92 Å². The van der Waals surface area contributed by atoms with Crippen molar-refractivity contribution >= 4 is 28.5 Å². The second-order valence-electron chi connectivity index (χ2n) is 5.94. The van der Waals surface area contributed by atoms with Gasteiger partial charge in [-0.25, -0.2) is 4.79 Å². The van der Waals surface area contributed by atoms with Gasteiger partial charge in [0.1, 0.15) is 17.1 Å². The highest BCUT2D eigenvalue weighted by molar-refractivity contribution is 6.31. The van der Waals surface area contributed by atoms with Gasteiger partial charge in [-0.15, -0.1) is 0 Å². The number of rotatable bonds is 5. The van der Waals surface area contributed by atoms with Crippen molar-refractivity contribution in [1.29, 1.82) is 0 Å². The van der Waals surface area contributed by atoms with E-state index in [9.17, 15) is 22.8 Å². The lowest BCUT2D eigenvalue weighted by atomic mass is 10.2. The number of carbonyl (C=O) groups is 1. The van der Waals surface area contributed by atoms with Crippen LogP contribution in [0.3, 0.4) is 0 Å². The highest BCUT2D eigenvalue weighted by atomic mass is 35.5. The van der Waals surface area contributed by atoms with Crippen molar-refractivity contribution in [1.82, 2.24) is 0 Å². The summed E-state index contributed by atoms with van der Waals surface area (Å²) in [7, 11) is 0. The molecule has 10 heteroatoms. The average Bonchev–Trinajstić information content (AvgIpc) is 2.64. The lowest BCUT2D eigenvalue weighted by Crippen LogP contribution is -2.15. The molecule has 1 aromatic heterocycles. The van der Waals surface area contributed by atoms with Gasteiger partial charge >= 0.3 is 12.1 Å². The zero-order chi connectivity index (χ0) is 21.3. The van der Waals surface area contributed by atoms with E-state index in [1.165, 1.54) is 30.3 Å². The molecule has 0 unspecified atom stereocenters. The predicted molar refractivity (Wildman–Crippen MR) is 96.9 cm³/mol. The highest BCUT2D eigenvalue weighted by Gasteiger charge is 2.40. The number of ether oxygens (including phenoxy) is 2. The largest absolute Gasteiger partial charge is 0.482 e. The Morgan fingerprint density at radius 2 is 1.86 bits per heavy atom. The third-order valence-corrected chi connectivity index (χ3v) is 4.22. The molecule has 0 saturated heterocycles. The predicted octanol–water partition coefficient (Wildman–Crippen LogP) is 5.03. The molecule has 0 atom stereocenters. The Hall–Kier alpha value is -3.20. The van der Waals surface area contributed by atoms with Crippen molar-refractivity contribution < 1.29 is 37.0 Å². The molecule has 0 aliphatic carbocycles. The van der Waals surface area contributed by atoms with E-state index in [1.54, 1.807) is 6.92 Å². The summed E-state index contributed by atoms with van der Waals surface area (Å²) in [5.74, 6) is -4.02. The van der Waals surface area contributed by atoms with Gasteiger partial charge in [-0.3, -0.25) is 4.79 Å². The first-order valence-corrected chi connectivity index (χ1v) is 8.40. The summed E-state index contributed by atoms with van der Waals surface area (Å²) in [5.41, 5.74) is -0.927. The zero-order valence-electron chi connectivity index (χ0n) is 14.7. The van der Waals surface area contributed by atoms with Crippen LogP contribution >= 0.6 is 11.6 Å². The van der Waals surface area contributed by atoms with Crippen LogP contribution in [-0.4, -0.2) is 17.7 Å². The van der Waals surface area contributed by atoms with E-state index in [4.69, 9.17) is 30.6 Å². The number of benzene rings is 2. The van der Waals surface area contributed by atoms with E-state index < -0.39 is 41.3 Å². The van der Waals surface area contributed by atoms with E-state index in [0.717, 1.165) is 6.07 Å². The number of halogens is 4. The monoisotopic (exact) mass is 428 g/mol. The van der Waals surface area contributed by atoms with Gasteiger partial charge in [0, 0.05) is 11.1 Å². The van der Waals surface area contributed by atoms with Crippen molar-refractivity contribution in [3.8, 4) is 17.2 Å². The average molecular weight is 429 g/mol. The van der Waals surface area contributed by atoms with E-state index in [0.29, 0.717) is 10.6 Å². The van der Waals surface area contributed by atoms with Crippen molar-refractivity contribution in [3.05, 3.63) is 63.0 Å². The lowest BCUT2D eigenvalue weighted by Gasteiger charge is -2.14. The molecule has 3 aromatic rings. The molecule has 6 nitrogen and oxygen atoms in total. The molecule has 0 radical (unpaired) electrons. The Morgan fingerprint density at radius 1 is 1.17 bits per heavy atom. The molecule has 0 amide bonds. The number of alkyl halides is 3. The second-order valence-corrected chi connectivity index (χ2v) is 6.35. The molecule has 1 N–H and O–H groups in total. The van der Waals surface area contributed by atoms with Crippen molar-refractivity contribution in [2.45, 2.75) is 13.1 Å².